The smallest absolute Gasteiger partial charge is 0.122 e. The molecule has 0 aliphatic heterocycles. The summed E-state index contributed by atoms with van der Waals surface area (Å²) in [7, 11) is 1.65. The van der Waals surface area contributed by atoms with Gasteiger partial charge >= 0.3 is 0 Å². The zero-order valence-corrected chi connectivity index (χ0v) is 5.76. The molecule has 2 N–H and O–H groups in total. The van der Waals surface area contributed by atoms with Crippen molar-refractivity contribution in [1.29, 1.82) is 0 Å². The van der Waals surface area contributed by atoms with E-state index < -0.39 is 6.10 Å². The summed E-state index contributed by atoms with van der Waals surface area (Å²) in [5.41, 5.74) is 0. The molecular formula is C6H15NO. The maximum atomic E-state index is 9.02. The largest absolute Gasteiger partial charge is 0.392 e. The van der Waals surface area contributed by atoms with Gasteiger partial charge in [0.1, 0.15) is 1.41 Å². The van der Waals surface area contributed by atoms with E-state index in [0.717, 1.165) is 6.42 Å². The van der Waals surface area contributed by atoms with E-state index in [1.54, 1.807) is 14.0 Å². The summed E-state index contributed by atoms with van der Waals surface area (Å²) in [5, 5.41) is 10.3. The van der Waals surface area contributed by atoms with Gasteiger partial charge < -0.3 is 10.4 Å². The van der Waals surface area contributed by atoms with Crippen LogP contribution in [0.5, 0.6) is 0 Å². The van der Waals surface area contributed by atoms with Crippen molar-refractivity contribution in [3.05, 3.63) is 0 Å². The Morgan fingerprint density at radius 2 is 2.38 bits per heavy atom. The number of hydrogen-bond acceptors (Lipinski definition) is 2. The van der Waals surface area contributed by atoms with Crippen LogP contribution in [-0.4, -0.2) is 24.3 Å². The molecule has 2 nitrogen and oxygen atoms in total. The lowest BCUT2D eigenvalue weighted by molar-refractivity contribution is 0.147. The van der Waals surface area contributed by atoms with E-state index in [4.69, 9.17) is 6.52 Å². The van der Waals surface area contributed by atoms with Crippen LogP contribution < -0.4 is 5.31 Å². The predicted octanol–water partition coefficient (Wildman–Crippen LogP) is 0.365. The summed E-state index contributed by atoms with van der Waals surface area (Å²) >= 11 is 0. The van der Waals surface area contributed by atoms with Gasteiger partial charge in [0.2, 0.25) is 0 Å². The molecule has 0 rings (SSSR count). The first-order valence-corrected chi connectivity index (χ1v) is 2.99. The molecule has 0 radical (unpaired) electrons. The van der Waals surface area contributed by atoms with Crippen LogP contribution in [0.1, 0.15) is 20.3 Å². The Kier molecular flexibility index (Phi) is 2.92. The van der Waals surface area contributed by atoms with E-state index >= 15 is 0 Å². The van der Waals surface area contributed by atoms with Gasteiger partial charge in [0.15, 0.2) is 0 Å². The number of rotatable bonds is 3. The molecule has 0 bridgehead atoms. The minimum atomic E-state index is -0.405. The van der Waals surface area contributed by atoms with Gasteiger partial charge in [0, 0.05) is 6.04 Å². The summed E-state index contributed by atoms with van der Waals surface area (Å²) < 4.78 is 7.14. The summed E-state index contributed by atoms with van der Waals surface area (Å²) in [6.07, 6.45) is 0.412. The molecule has 50 valence electrons. The number of nitrogens with one attached hydrogen (secondary N) is 1. The van der Waals surface area contributed by atoms with Crippen molar-refractivity contribution in [2.75, 3.05) is 7.05 Å². The van der Waals surface area contributed by atoms with Crippen molar-refractivity contribution in [3.8, 4) is 0 Å². The molecule has 0 fully saturated rings. The Bertz CT molecular complexity index is 67.5. The van der Waals surface area contributed by atoms with E-state index in [-0.39, 0.29) is 6.04 Å². The Morgan fingerprint density at radius 1 is 1.88 bits per heavy atom. The molecule has 2 atom stereocenters. The maximum Gasteiger partial charge on any atom is 0.122 e. The van der Waals surface area contributed by atoms with Crippen molar-refractivity contribution in [2.45, 2.75) is 32.4 Å². The number of hydrogen-bond donors (Lipinski definition) is 2. The lowest BCUT2D eigenvalue weighted by Gasteiger charge is -2.15. The molecule has 0 saturated heterocycles. The van der Waals surface area contributed by atoms with Crippen molar-refractivity contribution < 1.29 is 6.52 Å². The quantitative estimate of drug-likeness (QED) is 0.561. The summed E-state index contributed by atoms with van der Waals surface area (Å²) in [5.74, 6) is 0. The van der Waals surface area contributed by atoms with Gasteiger partial charge in [-0.3, -0.25) is 0 Å². The zero-order valence-electron chi connectivity index (χ0n) is 6.76. The molecule has 2 heteroatoms. The van der Waals surface area contributed by atoms with Crippen molar-refractivity contribution in [3.63, 3.8) is 0 Å². The van der Waals surface area contributed by atoms with Gasteiger partial charge in [0.25, 0.3) is 0 Å². The average molecular weight is 118 g/mol. The van der Waals surface area contributed by atoms with Crippen LogP contribution in [-0.2, 0) is 0 Å². The molecular weight excluding hydrogens is 102 g/mol. The van der Waals surface area contributed by atoms with Crippen LogP contribution >= 0.6 is 0 Å². The fraction of sp³-hybridized carbons (Fsp3) is 1.00. The van der Waals surface area contributed by atoms with Gasteiger partial charge in [-0.05, 0) is 20.4 Å². The zero-order chi connectivity index (χ0) is 7.44. The van der Waals surface area contributed by atoms with Crippen LogP contribution in [0.2, 0.25) is 1.41 Å². The normalized spacial score (nSPS) is 20.4. The van der Waals surface area contributed by atoms with Gasteiger partial charge in [0.05, 0.1) is 6.10 Å². The van der Waals surface area contributed by atoms with Gasteiger partial charge in [-0.1, -0.05) is 6.92 Å². The Labute approximate surface area is 52.4 Å². The Hall–Kier alpha value is -0.0800. The molecule has 8 heavy (non-hydrogen) atoms. The van der Waals surface area contributed by atoms with Crippen LogP contribution in [0.4, 0.5) is 0 Å². The summed E-state index contributed by atoms with van der Waals surface area (Å²) in [6.45, 7) is 3.67. The molecule has 0 amide bonds. The fourth-order valence-corrected chi connectivity index (χ4v) is 0.739. The first-order chi connectivity index (χ1) is 4.09. The molecule has 0 aromatic rings. The highest BCUT2D eigenvalue weighted by Crippen LogP contribution is 1.94. The second kappa shape index (κ2) is 3.87. The van der Waals surface area contributed by atoms with Crippen molar-refractivity contribution >= 4 is 0 Å². The Balaban J connectivity index is 3.68. The standard InChI is InChI=1S/C6H15NO/c1-4-6(7-3)5(2)8/h5-8H,4H2,1-3H3/i/hD. The Morgan fingerprint density at radius 3 is 2.38 bits per heavy atom. The second-order valence-electron chi connectivity index (χ2n) is 1.97. The van der Waals surface area contributed by atoms with Crippen LogP contribution in [0, 0.1) is 0 Å². The third kappa shape index (κ3) is 2.28. The maximum absolute atomic E-state index is 9.02. The van der Waals surface area contributed by atoms with Crippen LogP contribution in [0.15, 0.2) is 0 Å². The van der Waals surface area contributed by atoms with Gasteiger partial charge in [-0.15, -0.1) is 0 Å². The lowest BCUT2D eigenvalue weighted by atomic mass is 10.1. The number of likely N-dealkylation sites (N-methyl/N-ethyl adjacent to an activating group) is 1. The van der Waals surface area contributed by atoms with Crippen LogP contribution in [0.25, 0.3) is 0 Å². The molecule has 0 aliphatic carbocycles. The summed E-state index contributed by atoms with van der Waals surface area (Å²) in [4.78, 5) is 0. The third-order valence-corrected chi connectivity index (χ3v) is 1.31. The number of aliphatic hydroxyl groups excluding tert-OH is 1. The fourth-order valence-electron chi connectivity index (χ4n) is 0.739. The van der Waals surface area contributed by atoms with Gasteiger partial charge in [-0.2, -0.15) is 0 Å². The first-order valence-electron chi connectivity index (χ1n) is 3.44. The molecule has 2 unspecified atom stereocenters. The highest BCUT2D eigenvalue weighted by atomic mass is 16.3. The molecule has 0 saturated carbocycles. The molecule has 0 aromatic carbocycles. The highest BCUT2D eigenvalue weighted by Gasteiger charge is 2.07. The second-order valence-corrected chi connectivity index (χ2v) is 1.97. The molecule has 0 aliphatic rings. The van der Waals surface area contributed by atoms with E-state index in [2.05, 4.69) is 0 Å². The average Bonchev–Trinajstić information content (AvgIpc) is 1.64. The molecule has 0 spiro atoms. The van der Waals surface area contributed by atoms with E-state index in [0.29, 0.717) is 0 Å². The molecule has 0 heterocycles. The summed E-state index contributed by atoms with van der Waals surface area (Å²) in [6, 6.07) is -0.0231. The van der Waals surface area contributed by atoms with Crippen LogP contribution in [0.3, 0.4) is 0 Å². The third-order valence-electron chi connectivity index (χ3n) is 1.31. The number of aliphatic hydroxyl groups is 1. The van der Waals surface area contributed by atoms with Crippen molar-refractivity contribution in [1.82, 2.24) is 5.31 Å². The SMILES string of the molecule is [2H]N(C)C(CC)C(C)O. The predicted molar refractivity (Wildman–Crippen MR) is 34.8 cm³/mol. The minimum Gasteiger partial charge on any atom is -0.392 e. The topological polar surface area (TPSA) is 32.3 Å². The monoisotopic (exact) mass is 118 g/mol. The van der Waals surface area contributed by atoms with Crippen molar-refractivity contribution in [2.24, 2.45) is 0 Å². The minimum absolute atomic E-state index is 0.0231. The lowest BCUT2D eigenvalue weighted by Crippen LogP contribution is -2.34. The van der Waals surface area contributed by atoms with E-state index in [1.807, 2.05) is 6.92 Å². The van der Waals surface area contributed by atoms with E-state index in [1.165, 1.54) is 5.31 Å². The first kappa shape index (κ1) is 6.05. The molecule has 0 aromatic heterocycles. The van der Waals surface area contributed by atoms with E-state index in [9.17, 15) is 0 Å². The highest BCUT2D eigenvalue weighted by molar-refractivity contribution is 4.66. The van der Waals surface area contributed by atoms with Gasteiger partial charge in [-0.25, -0.2) is 0 Å².